The number of carbonyl (C=O) groups excluding carboxylic acids is 1. The van der Waals surface area contributed by atoms with Crippen molar-refractivity contribution in [3.8, 4) is 0 Å². The van der Waals surface area contributed by atoms with Gasteiger partial charge in [-0.3, -0.25) is 13.9 Å². The lowest BCUT2D eigenvalue weighted by Gasteiger charge is -2.37. The number of carbonyl (C=O) groups is 1. The van der Waals surface area contributed by atoms with Crippen LogP contribution in [0, 0.1) is 11.3 Å². The van der Waals surface area contributed by atoms with Crippen LogP contribution in [0.3, 0.4) is 0 Å². The van der Waals surface area contributed by atoms with Gasteiger partial charge in [-0.05, 0) is 43.5 Å². The fraction of sp³-hybridized carbons (Fsp3) is 0.556. The van der Waals surface area contributed by atoms with Gasteiger partial charge in [0, 0.05) is 26.3 Å². The number of anilines is 1. The SMILES string of the molecule is Cl.Cn1c(=O)n(C)c2cc(NC(=O)[C@@]34CCCC[C@H]3CNC4)ccc21. The highest BCUT2D eigenvalue weighted by molar-refractivity contribution is 5.97. The molecule has 136 valence electrons. The second-order valence-corrected chi connectivity index (χ2v) is 7.29. The first-order valence-electron chi connectivity index (χ1n) is 8.70. The molecule has 4 rings (SSSR count). The molecule has 25 heavy (non-hydrogen) atoms. The number of hydrogen-bond donors (Lipinski definition) is 2. The van der Waals surface area contributed by atoms with E-state index in [9.17, 15) is 9.59 Å². The maximum Gasteiger partial charge on any atom is 0.328 e. The molecule has 2 atom stereocenters. The number of imidazole rings is 1. The van der Waals surface area contributed by atoms with Crippen LogP contribution in [0.1, 0.15) is 25.7 Å². The Morgan fingerprint density at radius 1 is 1.24 bits per heavy atom. The number of aryl methyl sites for hydroxylation is 2. The van der Waals surface area contributed by atoms with E-state index in [1.54, 1.807) is 23.2 Å². The molecule has 0 unspecified atom stereocenters. The number of halogens is 1. The van der Waals surface area contributed by atoms with Gasteiger partial charge in [-0.2, -0.15) is 0 Å². The minimum Gasteiger partial charge on any atom is -0.325 e. The van der Waals surface area contributed by atoms with E-state index in [-0.39, 0.29) is 29.4 Å². The van der Waals surface area contributed by atoms with E-state index in [0.29, 0.717) is 5.92 Å². The summed E-state index contributed by atoms with van der Waals surface area (Å²) in [5.74, 6) is 0.563. The van der Waals surface area contributed by atoms with Crippen LogP contribution in [0.25, 0.3) is 11.0 Å². The maximum atomic E-state index is 13.0. The van der Waals surface area contributed by atoms with Crippen LogP contribution in [-0.4, -0.2) is 28.1 Å². The minimum atomic E-state index is -0.268. The Labute approximate surface area is 153 Å². The molecule has 2 heterocycles. The van der Waals surface area contributed by atoms with Gasteiger partial charge in [0.15, 0.2) is 0 Å². The lowest BCUT2D eigenvalue weighted by atomic mass is 9.67. The van der Waals surface area contributed by atoms with Gasteiger partial charge in [0.1, 0.15) is 0 Å². The summed E-state index contributed by atoms with van der Waals surface area (Å²) in [6.45, 7) is 1.72. The Morgan fingerprint density at radius 2 is 2.00 bits per heavy atom. The molecule has 1 saturated heterocycles. The Balaban J connectivity index is 0.00000182. The highest BCUT2D eigenvalue weighted by Gasteiger charge is 2.49. The zero-order valence-corrected chi connectivity index (χ0v) is 15.5. The van der Waals surface area contributed by atoms with Crippen LogP contribution in [0.2, 0.25) is 0 Å². The van der Waals surface area contributed by atoms with Crippen molar-refractivity contribution in [1.29, 1.82) is 0 Å². The van der Waals surface area contributed by atoms with Gasteiger partial charge in [-0.25, -0.2) is 4.79 Å². The molecule has 1 aromatic heterocycles. The summed E-state index contributed by atoms with van der Waals surface area (Å²) in [6.07, 6.45) is 4.44. The van der Waals surface area contributed by atoms with Gasteiger partial charge in [0.25, 0.3) is 0 Å². The van der Waals surface area contributed by atoms with Crippen LogP contribution in [-0.2, 0) is 18.9 Å². The molecular weight excluding hydrogens is 340 g/mol. The predicted octanol–water partition coefficient (Wildman–Crippen LogP) is 2.02. The highest BCUT2D eigenvalue weighted by Crippen LogP contribution is 2.44. The third-order valence-electron chi connectivity index (χ3n) is 6.02. The fourth-order valence-corrected chi connectivity index (χ4v) is 4.53. The Hall–Kier alpha value is -1.79. The minimum absolute atomic E-state index is 0. The molecule has 7 heteroatoms. The Kier molecular flexibility index (Phi) is 4.68. The van der Waals surface area contributed by atoms with E-state index in [2.05, 4.69) is 10.6 Å². The molecule has 0 radical (unpaired) electrons. The molecule has 1 amide bonds. The topological polar surface area (TPSA) is 68.1 Å². The summed E-state index contributed by atoms with van der Waals surface area (Å²) in [5, 5.41) is 6.53. The number of nitrogens with one attached hydrogen (secondary N) is 2. The summed E-state index contributed by atoms with van der Waals surface area (Å²) in [7, 11) is 3.52. The second-order valence-electron chi connectivity index (χ2n) is 7.29. The van der Waals surface area contributed by atoms with Gasteiger partial charge < -0.3 is 10.6 Å². The van der Waals surface area contributed by atoms with E-state index < -0.39 is 0 Å². The largest absolute Gasteiger partial charge is 0.328 e. The fourth-order valence-electron chi connectivity index (χ4n) is 4.53. The van der Waals surface area contributed by atoms with Crippen molar-refractivity contribution in [3.63, 3.8) is 0 Å². The molecule has 2 aliphatic rings. The van der Waals surface area contributed by atoms with Gasteiger partial charge in [-0.1, -0.05) is 12.8 Å². The van der Waals surface area contributed by atoms with E-state index in [1.165, 1.54) is 6.42 Å². The number of fused-ring (bicyclic) bond motifs is 2. The van der Waals surface area contributed by atoms with Crippen molar-refractivity contribution in [1.82, 2.24) is 14.5 Å². The number of aromatic nitrogens is 2. The van der Waals surface area contributed by atoms with Crippen molar-refractivity contribution in [2.24, 2.45) is 25.4 Å². The van der Waals surface area contributed by atoms with E-state index >= 15 is 0 Å². The lowest BCUT2D eigenvalue weighted by molar-refractivity contribution is -0.128. The number of nitrogens with zero attached hydrogens (tertiary/aromatic N) is 2. The molecular formula is C18H25ClN4O2. The van der Waals surface area contributed by atoms with Crippen LogP contribution in [0.4, 0.5) is 5.69 Å². The van der Waals surface area contributed by atoms with Crippen LogP contribution < -0.4 is 16.3 Å². The van der Waals surface area contributed by atoms with Gasteiger partial charge in [0.05, 0.1) is 16.4 Å². The van der Waals surface area contributed by atoms with E-state index in [0.717, 1.165) is 49.1 Å². The number of amides is 1. The third kappa shape index (κ3) is 2.68. The van der Waals surface area contributed by atoms with Crippen LogP contribution in [0.5, 0.6) is 0 Å². The zero-order chi connectivity index (χ0) is 16.9. The number of benzene rings is 1. The normalized spacial score (nSPS) is 25.4. The first-order valence-corrected chi connectivity index (χ1v) is 8.70. The molecule has 1 saturated carbocycles. The van der Waals surface area contributed by atoms with Crippen molar-refractivity contribution >= 4 is 35.0 Å². The third-order valence-corrected chi connectivity index (χ3v) is 6.02. The summed E-state index contributed by atoms with van der Waals surface area (Å²) in [4.78, 5) is 25.1. The molecule has 1 aliphatic heterocycles. The summed E-state index contributed by atoms with van der Waals surface area (Å²) in [5.41, 5.74) is 2.15. The average Bonchev–Trinajstić information content (AvgIpc) is 3.12. The quantitative estimate of drug-likeness (QED) is 0.856. The van der Waals surface area contributed by atoms with Gasteiger partial charge in [-0.15, -0.1) is 12.4 Å². The Bertz CT molecular complexity index is 872. The predicted molar refractivity (Wildman–Crippen MR) is 101 cm³/mol. The number of hydrogen-bond acceptors (Lipinski definition) is 3. The summed E-state index contributed by atoms with van der Waals surface area (Å²) >= 11 is 0. The summed E-state index contributed by atoms with van der Waals surface area (Å²) < 4.78 is 3.24. The van der Waals surface area contributed by atoms with Crippen molar-refractivity contribution in [2.45, 2.75) is 25.7 Å². The molecule has 2 aromatic rings. The smallest absolute Gasteiger partial charge is 0.325 e. The lowest BCUT2D eigenvalue weighted by Crippen LogP contribution is -2.44. The zero-order valence-electron chi connectivity index (χ0n) is 14.7. The highest BCUT2D eigenvalue weighted by atomic mass is 35.5. The molecule has 0 bridgehead atoms. The first kappa shape index (κ1) is 18.0. The maximum absolute atomic E-state index is 13.0. The van der Waals surface area contributed by atoms with E-state index in [1.807, 2.05) is 18.2 Å². The van der Waals surface area contributed by atoms with Crippen molar-refractivity contribution < 1.29 is 4.79 Å². The van der Waals surface area contributed by atoms with Crippen LogP contribution in [0.15, 0.2) is 23.0 Å². The average molecular weight is 365 g/mol. The molecule has 6 nitrogen and oxygen atoms in total. The molecule has 1 aromatic carbocycles. The van der Waals surface area contributed by atoms with Crippen molar-refractivity contribution in [3.05, 3.63) is 28.7 Å². The molecule has 2 N–H and O–H groups in total. The molecule has 2 fully saturated rings. The van der Waals surface area contributed by atoms with Gasteiger partial charge >= 0.3 is 5.69 Å². The monoisotopic (exact) mass is 364 g/mol. The molecule has 0 spiro atoms. The second kappa shape index (κ2) is 6.50. The standard InChI is InChI=1S/C18H24N4O2.ClH/c1-21-14-7-6-13(9-15(14)22(2)17(21)24)20-16(23)18-8-4-3-5-12(18)10-19-11-18;/h6-7,9,12,19H,3-5,8,10-11H2,1-2H3,(H,20,23);1H/t12-,18+;/m0./s1. The number of rotatable bonds is 2. The Morgan fingerprint density at radius 3 is 2.80 bits per heavy atom. The van der Waals surface area contributed by atoms with E-state index in [4.69, 9.17) is 0 Å². The van der Waals surface area contributed by atoms with Crippen LogP contribution >= 0.6 is 12.4 Å². The van der Waals surface area contributed by atoms with Crippen molar-refractivity contribution in [2.75, 3.05) is 18.4 Å². The molecule has 1 aliphatic carbocycles. The van der Waals surface area contributed by atoms with Gasteiger partial charge in [0.2, 0.25) is 5.91 Å². The summed E-state index contributed by atoms with van der Waals surface area (Å²) in [6, 6.07) is 5.68. The first-order chi connectivity index (χ1) is 11.5.